The first-order valence-corrected chi connectivity index (χ1v) is 6.59. The van der Waals surface area contributed by atoms with E-state index in [2.05, 4.69) is 4.90 Å². The van der Waals surface area contributed by atoms with Gasteiger partial charge in [-0.25, -0.2) is 0 Å². The van der Waals surface area contributed by atoms with Crippen molar-refractivity contribution in [2.24, 2.45) is 5.41 Å². The van der Waals surface area contributed by atoms with E-state index in [1.165, 1.54) is 38.5 Å². The molecule has 1 unspecified atom stereocenters. The predicted octanol–water partition coefficient (Wildman–Crippen LogP) is 2.51. The number of hydrogen-bond donors (Lipinski definition) is 1. The summed E-state index contributed by atoms with van der Waals surface area (Å²) < 4.78 is 0. The molecule has 2 rings (SSSR count). The first kappa shape index (κ1) is 11.9. The van der Waals surface area contributed by atoms with Gasteiger partial charge in [0, 0.05) is 12.6 Å². The van der Waals surface area contributed by atoms with Gasteiger partial charge >= 0.3 is 5.97 Å². The van der Waals surface area contributed by atoms with Crippen LogP contribution in [0.5, 0.6) is 0 Å². The zero-order valence-corrected chi connectivity index (χ0v) is 10.2. The Morgan fingerprint density at radius 3 is 2.38 bits per heavy atom. The molecule has 1 saturated carbocycles. The normalized spacial score (nSPS) is 33.8. The van der Waals surface area contributed by atoms with E-state index in [0.717, 1.165) is 19.5 Å². The number of hydrogen-bond acceptors (Lipinski definition) is 2. The number of carbonyl (C=O) groups is 1. The zero-order chi connectivity index (χ0) is 11.6. The Kier molecular flexibility index (Phi) is 3.53. The fourth-order valence-electron chi connectivity index (χ4n) is 3.11. The predicted molar refractivity (Wildman–Crippen MR) is 63.4 cm³/mol. The lowest BCUT2D eigenvalue weighted by Gasteiger charge is -2.28. The van der Waals surface area contributed by atoms with Crippen LogP contribution >= 0.6 is 0 Å². The molecule has 0 aromatic heterocycles. The molecular formula is C13H23NO2. The molecule has 0 aromatic rings. The monoisotopic (exact) mass is 225 g/mol. The summed E-state index contributed by atoms with van der Waals surface area (Å²) in [5.41, 5.74) is -0.494. The van der Waals surface area contributed by atoms with Crippen LogP contribution in [0.1, 0.15) is 51.9 Å². The van der Waals surface area contributed by atoms with Crippen molar-refractivity contribution >= 4 is 5.97 Å². The summed E-state index contributed by atoms with van der Waals surface area (Å²) in [7, 11) is 0. The van der Waals surface area contributed by atoms with E-state index in [-0.39, 0.29) is 0 Å². The molecule has 1 atom stereocenters. The molecule has 1 saturated heterocycles. The van der Waals surface area contributed by atoms with Crippen molar-refractivity contribution in [3.8, 4) is 0 Å². The summed E-state index contributed by atoms with van der Waals surface area (Å²) in [5, 5.41) is 9.22. The maximum absolute atomic E-state index is 11.2. The molecule has 1 N–H and O–H groups in total. The molecule has 1 aliphatic heterocycles. The summed E-state index contributed by atoms with van der Waals surface area (Å²) in [6, 6.07) is 0.656. The van der Waals surface area contributed by atoms with Gasteiger partial charge in [0.15, 0.2) is 0 Å². The first-order valence-electron chi connectivity index (χ1n) is 6.59. The Morgan fingerprint density at radius 2 is 1.88 bits per heavy atom. The fraction of sp³-hybridized carbons (Fsp3) is 0.923. The minimum absolute atomic E-state index is 0.494. The number of likely N-dealkylation sites (tertiary alicyclic amines) is 1. The fourth-order valence-corrected chi connectivity index (χ4v) is 3.11. The lowest BCUT2D eigenvalue weighted by Crippen LogP contribution is -2.37. The van der Waals surface area contributed by atoms with Gasteiger partial charge in [0.05, 0.1) is 5.41 Å². The molecule has 0 radical (unpaired) electrons. The maximum Gasteiger partial charge on any atom is 0.310 e. The van der Waals surface area contributed by atoms with Crippen molar-refractivity contribution in [1.82, 2.24) is 4.90 Å². The Hall–Kier alpha value is -0.570. The quantitative estimate of drug-likeness (QED) is 0.734. The number of carboxylic acids is 1. The highest BCUT2D eigenvalue weighted by Crippen LogP contribution is 2.34. The van der Waals surface area contributed by atoms with Crippen LogP contribution < -0.4 is 0 Å². The average Bonchev–Trinajstić information content (AvgIpc) is 2.51. The van der Waals surface area contributed by atoms with Crippen LogP contribution in [-0.2, 0) is 4.79 Å². The van der Waals surface area contributed by atoms with Gasteiger partial charge in [-0.15, -0.1) is 0 Å². The van der Waals surface area contributed by atoms with Gasteiger partial charge in [0.1, 0.15) is 0 Å². The molecule has 3 heteroatoms. The average molecular weight is 225 g/mol. The van der Waals surface area contributed by atoms with Crippen LogP contribution in [0.25, 0.3) is 0 Å². The third-order valence-electron chi connectivity index (χ3n) is 4.36. The first-order chi connectivity index (χ1) is 7.62. The Bertz CT molecular complexity index is 259. The van der Waals surface area contributed by atoms with Gasteiger partial charge in [-0.1, -0.05) is 25.7 Å². The summed E-state index contributed by atoms with van der Waals surface area (Å²) >= 11 is 0. The summed E-state index contributed by atoms with van der Waals surface area (Å²) in [4.78, 5) is 13.6. The van der Waals surface area contributed by atoms with Crippen LogP contribution in [0.3, 0.4) is 0 Å². The molecular weight excluding hydrogens is 202 g/mol. The lowest BCUT2D eigenvalue weighted by atomic mass is 9.90. The van der Waals surface area contributed by atoms with Crippen molar-refractivity contribution in [3.63, 3.8) is 0 Å². The van der Waals surface area contributed by atoms with Gasteiger partial charge in [-0.2, -0.15) is 0 Å². The van der Waals surface area contributed by atoms with E-state index in [9.17, 15) is 9.90 Å². The zero-order valence-electron chi connectivity index (χ0n) is 10.2. The van der Waals surface area contributed by atoms with E-state index in [1.54, 1.807) is 0 Å². The molecule has 0 bridgehead atoms. The van der Waals surface area contributed by atoms with Crippen molar-refractivity contribution in [2.75, 3.05) is 13.1 Å². The molecule has 2 aliphatic rings. The molecule has 0 amide bonds. The lowest BCUT2D eigenvalue weighted by molar-refractivity contribution is -0.147. The van der Waals surface area contributed by atoms with E-state index >= 15 is 0 Å². The van der Waals surface area contributed by atoms with Crippen molar-refractivity contribution < 1.29 is 9.90 Å². The third-order valence-corrected chi connectivity index (χ3v) is 4.36. The molecule has 0 spiro atoms. The van der Waals surface area contributed by atoms with Crippen LogP contribution in [-0.4, -0.2) is 35.1 Å². The molecule has 2 fully saturated rings. The second-order valence-electron chi connectivity index (χ2n) is 5.73. The van der Waals surface area contributed by atoms with Crippen molar-refractivity contribution in [3.05, 3.63) is 0 Å². The van der Waals surface area contributed by atoms with Gasteiger partial charge in [-0.05, 0) is 32.7 Å². The van der Waals surface area contributed by atoms with Crippen LogP contribution in [0.15, 0.2) is 0 Å². The minimum Gasteiger partial charge on any atom is -0.481 e. The molecule has 1 heterocycles. The highest BCUT2D eigenvalue weighted by molar-refractivity contribution is 5.74. The minimum atomic E-state index is -0.622. The van der Waals surface area contributed by atoms with Gasteiger partial charge in [0.2, 0.25) is 0 Å². The largest absolute Gasteiger partial charge is 0.481 e. The van der Waals surface area contributed by atoms with Crippen molar-refractivity contribution in [1.29, 1.82) is 0 Å². The maximum atomic E-state index is 11.2. The summed E-state index contributed by atoms with van der Waals surface area (Å²) in [6.45, 7) is 3.63. The Labute approximate surface area is 97.8 Å². The second kappa shape index (κ2) is 4.74. The highest BCUT2D eigenvalue weighted by Gasteiger charge is 2.42. The van der Waals surface area contributed by atoms with Crippen LogP contribution in [0.2, 0.25) is 0 Å². The van der Waals surface area contributed by atoms with Gasteiger partial charge in [0.25, 0.3) is 0 Å². The number of carboxylic acid groups (broad SMARTS) is 1. The van der Waals surface area contributed by atoms with Crippen LogP contribution in [0.4, 0.5) is 0 Å². The van der Waals surface area contributed by atoms with E-state index < -0.39 is 11.4 Å². The van der Waals surface area contributed by atoms with Crippen molar-refractivity contribution in [2.45, 2.75) is 57.9 Å². The molecule has 3 nitrogen and oxygen atoms in total. The molecule has 92 valence electrons. The molecule has 16 heavy (non-hydrogen) atoms. The standard InChI is InChI=1S/C13H23NO2/c1-13(12(15)16)8-9-14(10-13)11-6-4-2-3-5-7-11/h11H,2-10H2,1H3,(H,15,16). The molecule has 1 aliphatic carbocycles. The smallest absolute Gasteiger partial charge is 0.310 e. The van der Waals surface area contributed by atoms with E-state index in [4.69, 9.17) is 0 Å². The Balaban J connectivity index is 1.94. The molecule has 0 aromatic carbocycles. The number of rotatable bonds is 2. The summed E-state index contributed by atoms with van der Waals surface area (Å²) in [5.74, 6) is -0.622. The topological polar surface area (TPSA) is 40.5 Å². The van der Waals surface area contributed by atoms with Crippen LogP contribution in [0, 0.1) is 5.41 Å². The second-order valence-corrected chi connectivity index (χ2v) is 5.73. The number of nitrogens with zero attached hydrogens (tertiary/aromatic N) is 1. The van der Waals surface area contributed by atoms with E-state index in [0.29, 0.717) is 6.04 Å². The van der Waals surface area contributed by atoms with Gasteiger partial charge < -0.3 is 5.11 Å². The van der Waals surface area contributed by atoms with E-state index in [1.807, 2.05) is 6.92 Å². The third kappa shape index (κ3) is 2.40. The Morgan fingerprint density at radius 1 is 1.25 bits per heavy atom. The SMILES string of the molecule is CC1(C(=O)O)CCN(C2CCCCCC2)C1. The highest BCUT2D eigenvalue weighted by atomic mass is 16.4. The van der Waals surface area contributed by atoms with Gasteiger partial charge in [-0.3, -0.25) is 9.69 Å². The summed E-state index contributed by atoms with van der Waals surface area (Å²) in [6.07, 6.45) is 8.74. The number of aliphatic carboxylic acids is 1.